The van der Waals surface area contributed by atoms with Crippen molar-refractivity contribution in [2.75, 3.05) is 31.1 Å². The van der Waals surface area contributed by atoms with E-state index in [9.17, 15) is 39.5 Å². The van der Waals surface area contributed by atoms with Gasteiger partial charge in [0.25, 0.3) is 0 Å². The Kier molecular flexibility index (Phi) is 13.9. The number of carboxylic acids is 3. The SMILES string of the molecule is O=C(O)C(F)(F)F.O=C(O)C(F)(F)F.O=C(O)C(F)(F)F.c1nc(N2CCN(C3CCCCC3)CC2)c2cc(-c3cn[nH]c3)ccc2n1. The zero-order valence-electron chi connectivity index (χ0n) is 24.6. The number of piperazine rings is 1. The van der Waals surface area contributed by atoms with Gasteiger partial charge in [-0.15, -0.1) is 0 Å². The number of rotatable bonds is 3. The number of aromatic amines is 1. The molecule has 0 unspecified atom stereocenters. The van der Waals surface area contributed by atoms with Gasteiger partial charge in [-0.25, -0.2) is 24.4 Å². The van der Waals surface area contributed by atoms with Gasteiger partial charge in [0.05, 0.1) is 11.7 Å². The lowest BCUT2D eigenvalue weighted by Crippen LogP contribution is -2.51. The molecule has 2 aromatic heterocycles. The first-order valence-electron chi connectivity index (χ1n) is 13.8. The van der Waals surface area contributed by atoms with Crippen LogP contribution in [0.25, 0.3) is 22.0 Å². The van der Waals surface area contributed by atoms with Gasteiger partial charge in [-0.2, -0.15) is 44.6 Å². The Hall–Kier alpha value is -4.69. The molecule has 12 nitrogen and oxygen atoms in total. The van der Waals surface area contributed by atoms with Gasteiger partial charge in [-0.1, -0.05) is 25.3 Å². The Bertz CT molecular complexity index is 1430. The third-order valence-corrected chi connectivity index (χ3v) is 6.88. The summed E-state index contributed by atoms with van der Waals surface area (Å²) in [7, 11) is 0. The number of nitrogens with zero attached hydrogens (tertiary/aromatic N) is 5. The first kappa shape index (κ1) is 39.5. The van der Waals surface area contributed by atoms with Gasteiger partial charge >= 0.3 is 36.4 Å². The predicted molar refractivity (Wildman–Crippen MR) is 149 cm³/mol. The maximum absolute atomic E-state index is 10.6. The molecule has 2 aliphatic rings. The minimum Gasteiger partial charge on any atom is -0.475 e. The fourth-order valence-corrected chi connectivity index (χ4v) is 4.63. The molecular formula is C27H29F9N6O6. The van der Waals surface area contributed by atoms with Crippen molar-refractivity contribution in [2.45, 2.75) is 56.7 Å². The molecule has 21 heteroatoms. The summed E-state index contributed by atoms with van der Waals surface area (Å²) in [5.41, 5.74) is 3.24. The lowest BCUT2D eigenvalue weighted by Gasteiger charge is -2.41. The zero-order chi connectivity index (χ0) is 36.3. The predicted octanol–water partition coefficient (Wildman–Crippen LogP) is 5.37. The van der Waals surface area contributed by atoms with Gasteiger partial charge < -0.3 is 20.2 Å². The number of aromatic nitrogens is 4. The summed E-state index contributed by atoms with van der Waals surface area (Å²) in [6, 6.07) is 7.19. The van der Waals surface area contributed by atoms with Gasteiger partial charge in [-0.3, -0.25) is 10.00 Å². The molecular weight excluding hydrogens is 675 g/mol. The van der Waals surface area contributed by atoms with Crippen LogP contribution in [0.15, 0.2) is 36.9 Å². The van der Waals surface area contributed by atoms with Gasteiger partial charge in [0.1, 0.15) is 12.1 Å². The number of nitrogens with one attached hydrogen (secondary N) is 1. The van der Waals surface area contributed by atoms with Crippen LogP contribution in [0.4, 0.5) is 45.3 Å². The summed E-state index contributed by atoms with van der Waals surface area (Å²) in [6.45, 7) is 4.35. The number of anilines is 1. The molecule has 1 saturated carbocycles. The summed E-state index contributed by atoms with van der Waals surface area (Å²) in [4.78, 5) is 41.0. The largest absolute Gasteiger partial charge is 0.490 e. The molecule has 0 amide bonds. The van der Waals surface area contributed by atoms with Crippen molar-refractivity contribution in [3.63, 3.8) is 0 Å². The van der Waals surface area contributed by atoms with Crippen molar-refractivity contribution in [3.05, 3.63) is 36.9 Å². The lowest BCUT2D eigenvalue weighted by atomic mass is 9.94. The quantitative estimate of drug-likeness (QED) is 0.258. The van der Waals surface area contributed by atoms with Gasteiger partial charge in [0.15, 0.2) is 0 Å². The zero-order valence-corrected chi connectivity index (χ0v) is 24.6. The van der Waals surface area contributed by atoms with Crippen LogP contribution < -0.4 is 4.90 Å². The van der Waals surface area contributed by atoms with Crippen molar-refractivity contribution >= 4 is 34.6 Å². The molecule has 4 N–H and O–H groups in total. The van der Waals surface area contributed by atoms with Gasteiger partial charge in [0.2, 0.25) is 0 Å². The molecule has 3 aromatic rings. The Morgan fingerprint density at radius 2 is 1.23 bits per heavy atom. The number of benzene rings is 1. The fourth-order valence-electron chi connectivity index (χ4n) is 4.63. The Balaban J connectivity index is 0.000000313. The fraction of sp³-hybridized carbons (Fsp3) is 0.481. The van der Waals surface area contributed by atoms with Crippen LogP contribution in [0.5, 0.6) is 0 Å². The minimum absolute atomic E-state index is 0.802. The average Bonchev–Trinajstić information content (AvgIpc) is 3.56. The second-order valence-electron chi connectivity index (χ2n) is 10.1. The van der Waals surface area contributed by atoms with E-state index in [4.69, 9.17) is 29.7 Å². The van der Waals surface area contributed by atoms with Crippen molar-refractivity contribution in [1.82, 2.24) is 25.1 Å². The van der Waals surface area contributed by atoms with E-state index in [2.05, 4.69) is 48.2 Å². The van der Waals surface area contributed by atoms with Crippen LogP contribution in [0.1, 0.15) is 32.1 Å². The molecule has 1 aliphatic heterocycles. The Labute approximate surface area is 265 Å². The van der Waals surface area contributed by atoms with Gasteiger partial charge in [0, 0.05) is 49.4 Å². The average molecular weight is 705 g/mol. The van der Waals surface area contributed by atoms with Crippen LogP contribution in [0.2, 0.25) is 0 Å². The van der Waals surface area contributed by atoms with E-state index in [1.54, 1.807) is 6.33 Å². The molecule has 1 aliphatic carbocycles. The molecule has 5 rings (SSSR count). The monoisotopic (exact) mass is 704 g/mol. The number of carboxylic acid groups (broad SMARTS) is 3. The third-order valence-electron chi connectivity index (χ3n) is 6.88. The number of hydrogen-bond acceptors (Lipinski definition) is 8. The van der Waals surface area contributed by atoms with E-state index in [0.717, 1.165) is 60.1 Å². The number of hydrogen-bond donors (Lipinski definition) is 4. The third kappa shape index (κ3) is 12.5. The number of alkyl halides is 9. The molecule has 1 aromatic carbocycles. The molecule has 48 heavy (non-hydrogen) atoms. The van der Waals surface area contributed by atoms with E-state index in [1.807, 2.05) is 12.4 Å². The van der Waals surface area contributed by atoms with Crippen LogP contribution in [0, 0.1) is 0 Å². The minimum atomic E-state index is -5.08. The summed E-state index contributed by atoms with van der Waals surface area (Å²) >= 11 is 0. The van der Waals surface area contributed by atoms with Crippen LogP contribution >= 0.6 is 0 Å². The summed E-state index contributed by atoms with van der Waals surface area (Å²) < 4.78 is 95.2. The molecule has 266 valence electrons. The smallest absolute Gasteiger partial charge is 0.475 e. The normalized spacial score (nSPS) is 16.0. The number of H-pyrrole nitrogens is 1. The topological polar surface area (TPSA) is 173 Å². The second-order valence-corrected chi connectivity index (χ2v) is 10.1. The summed E-state index contributed by atoms with van der Waals surface area (Å²) in [6.07, 6.45) is -2.79. The Morgan fingerprint density at radius 3 is 1.67 bits per heavy atom. The van der Waals surface area contributed by atoms with E-state index in [0.29, 0.717) is 0 Å². The molecule has 2 fully saturated rings. The highest BCUT2D eigenvalue weighted by Gasteiger charge is 2.39. The highest BCUT2D eigenvalue weighted by molar-refractivity contribution is 5.92. The number of fused-ring (bicyclic) bond motifs is 1. The maximum Gasteiger partial charge on any atom is 0.490 e. The first-order valence-corrected chi connectivity index (χ1v) is 13.8. The van der Waals surface area contributed by atoms with Crippen molar-refractivity contribution < 1.29 is 69.2 Å². The highest BCUT2D eigenvalue weighted by atomic mass is 19.4. The van der Waals surface area contributed by atoms with Crippen molar-refractivity contribution in [1.29, 1.82) is 0 Å². The van der Waals surface area contributed by atoms with E-state index >= 15 is 0 Å². The number of carbonyl (C=O) groups is 3. The highest BCUT2D eigenvalue weighted by Crippen LogP contribution is 2.30. The molecule has 3 heterocycles. The number of aliphatic carboxylic acids is 3. The van der Waals surface area contributed by atoms with Crippen molar-refractivity contribution in [3.8, 4) is 11.1 Å². The molecule has 0 radical (unpaired) electrons. The van der Waals surface area contributed by atoms with E-state index in [-0.39, 0.29) is 0 Å². The summed E-state index contributed by atoms with van der Waals surface area (Å²) in [5.74, 6) is -7.21. The molecule has 0 bridgehead atoms. The molecule has 0 spiro atoms. The van der Waals surface area contributed by atoms with Crippen molar-refractivity contribution in [2.24, 2.45) is 0 Å². The van der Waals surface area contributed by atoms with Gasteiger partial charge in [-0.05, 0) is 30.5 Å². The molecule has 1 saturated heterocycles. The van der Waals surface area contributed by atoms with E-state index < -0.39 is 36.4 Å². The standard InChI is InChI=1S/C21H26N6.3C2HF3O2/c1-2-4-18(5-3-1)26-8-10-27(11-9-26)21-19-12-16(17-13-24-25-14-17)6-7-20(19)22-15-23-21;3*3-2(4,5)1(6)7/h6-7,12-15,18H,1-5,8-11H2,(H,24,25);3*(H,6,7). The van der Waals surface area contributed by atoms with Crippen LogP contribution in [-0.2, 0) is 14.4 Å². The Morgan fingerprint density at radius 1 is 0.729 bits per heavy atom. The second kappa shape index (κ2) is 16.9. The van der Waals surface area contributed by atoms with E-state index in [1.165, 1.54) is 32.1 Å². The maximum atomic E-state index is 10.6. The lowest BCUT2D eigenvalue weighted by molar-refractivity contribution is -0.193. The number of halogens is 9. The van der Waals surface area contributed by atoms with Crippen LogP contribution in [0.3, 0.4) is 0 Å². The molecule has 0 atom stereocenters. The summed E-state index contributed by atoms with van der Waals surface area (Å²) in [5, 5.41) is 29.5. The van der Waals surface area contributed by atoms with Crippen LogP contribution in [-0.4, -0.2) is 109 Å². The first-order chi connectivity index (χ1) is 22.2.